The summed E-state index contributed by atoms with van der Waals surface area (Å²) in [5.41, 5.74) is 1.46. The number of imidazole rings is 1. The van der Waals surface area contributed by atoms with Crippen LogP contribution in [0.5, 0.6) is 0 Å². The molecule has 0 bridgehead atoms. The maximum Gasteiger partial charge on any atom is 0.261 e. The number of sulfonamides is 1. The van der Waals surface area contributed by atoms with Crippen LogP contribution in [-0.2, 0) is 10.0 Å². The smallest absolute Gasteiger partial charge is 0.261 e. The van der Waals surface area contributed by atoms with E-state index in [0.717, 1.165) is 0 Å². The quantitative estimate of drug-likeness (QED) is 0.729. The van der Waals surface area contributed by atoms with Gasteiger partial charge in [0.05, 0.1) is 16.5 Å². The SMILES string of the molecule is N#Cc1ccc(S(=O)(=O)Nc2ccc(-n3cnc(Cl)c3Cl)cc2)cc1. The molecule has 0 spiro atoms. The fraction of sp³-hybridized carbons (Fsp3) is 0. The molecule has 3 aromatic rings. The number of halogens is 2. The highest BCUT2D eigenvalue weighted by atomic mass is 35.5. The fourth-order valence-corrected chi connectivity index (χ4v) is 3.49. The average molecular weight is 393 g/mol. The Kier molecular flexibility index (Phi) is 4.68. The summed E-state index contributed by atoms with van der Waals surface area (Å²) in [7, 11) is -3.75. The zero-order valence-corrected chi connectivity index (χ0v) is 14.8. The lowest BCUT2D eigenvalue weighted by Crippen LogP contribution is -2.12. The summed E-state index contributed by atoms with van der Waals surface area (Å²) < 4.78 is 28.8. The molecule has 0 aliphatic rings. The summed E-state index contributed by atoms with van der Waals surface area (Å²) in [6.07, 6.45) is 1.47. The van der Waals surface area contributed by atoms with Crippen molar-refractivity contribution >= 4 is 38.9 Å². The van der Waals surface area contributed by atoms with Crippen molar-refractivity contribution in [3.63, 3.8) is 0 Å². The third-order valence-corrected chi connectivity index (χ3v) is 5.49. The molecule has 0 atom stereocenters. The van der Waals surface area contributed by atoms with Crippen LogP contribution in [0.1, 0.15) is 5.56 Å². The number of rotatable bonds is 4. The van der Waals surface area contributed by atoms with Crippen molar-refractivity contribution in [2.45, 2.75) is 4.90 Å². The van der Waals surface area contributed by atoms with Gasteiger partial charge >= 0.3 is 0 Å². The van der Waals surface area contributed by atoms with Gasteiger partial charge in [0.2, 0.25) is 0 Å². The molecule has 2 aromatic carbocycles. The molecule has 0 aliphatic carbocycles. The zero-order valence-electron chi connectivity index (χ0n) is 12.5. The van der Waals surface area contributed by atoms with Crippen molar-refractivity contribution in [1.29, 1.82) is 5.26 Å². The van der Waals surface area contributed by atoms with E-state index < -0.39 is 10.0 Å². The Balaban J connectivity index is 1.83. The molecular weight excluding hydrogens is 383 g/mol. The van der Waals surface area contributed by atoms with Crippen LogP contribution in [-0.4, -0.2) is 18.0 Å². The van der Waals surface area contributed by atoms with E-state index in [1.54, 1.807) is 28.8 Å². The van der Waals surface area contributed by atoms with Gasteiger partial charge in [0, 0.05) is 11.4 Å². The van der Waals surface area contributed by atoms with Gasteiger partial charge in [-0.3, -0.25) is 9.29 Å². The van der Waals surface area contributed by atoms with Gasteiger partial charge in [-0.2, -0.15) is 5.26 Å². The Morgan fingerprint density at radius 2 is 1.68 bits per heavy atom. The Labute approximate surface area is 154 Å². The number of benzene rings is 2. The molecule has 0 saturated carbocycles. The molecule has 0 saturated heterocycles. The van der Waals surface area contributed by atoms with E-state index in [1.165, 1.54) is 30.6 Å². The molecule has 25 heavy (non-hydrogen) atoms. The summed E-state index contributed by atoms with van der Waals surface area (Å²) in [6.45, 7) is 0. The second-order valence-corrected chi connectivity index (χ2v) is 7.38. The fourth-order valence-electron chi connectivity index (χ4n) is 2.10. The largest absolute Gasteiger partial charge is 0.288 e. The van der Waals surface area contributed by atoms with E-state index in [-0.39, 0.29) is 15.2 Å². The lowest BCUT2D eigenvalue weighted by atomic mass is 10.2. The van der Waals surface area contributed by atoms with Crippen molar-refractivity contribution < 1.29 is 8.42 Å². The molecule has 0 unspecified atom stereocenters. The monoisotopic (exact) mass is 392 g/mol. The highest BCUT2D eigenvalue weighted by molar-refractivity contribution is 7.92. The van der Waals surface area contributed by atoms with Crippen molar-refractivity contribution in [3.05, 3.63) is 70.7 Å². The maximum absolute atomic E-state index is 12.4. The van der Waals surface area contributed by atoms with Crippen LogP contribution in [0.3, 0.4) is 0 Å². The molecule has 1 N–H and O–H groups in total. The summed E-state index contributed by atoms with van der Waals surface area (Å²) in [5.74, 6) is 0. The van der Waals surface area contributed by atoms with Gasteiger partial charge in [-0.15, -0.1) is 0 Å². The van der Waals surface area contributed by atoms with Crippen molar-refractivity contribution in [1.82, 2.24) is 9.55 Å². The molecule has 1 heterocycles. The van der Waals surface area contributed by atoms with E-state index >= 15 is 0 Å². The summed E-state index contributed by atoms with van der Waals surface area (Å²) in [4.78, 5) is 3.96. The first-order valence-electron chi connectivity index (χ1n) is 6.92. The maximum atomic E-state index is 12.4. The predicted molar refractivity (Wildman–Crippen MR) is 95.5 cm³/mol. The van der Waals surface area contributed by atoms with Gasteiger partial charge < -0.3 is 0 Å². The standard InChI is InChI=1S/C16H10Cl2N4O2S/c17-15-16(18)22(10-20-15)13-5-3-12(4-6-13)21-25(23,24)14-7-1-11(9-19)2-8-14/h1-8,10,21H. The van der Waals surface area contributed by atoms with Crippen molar-refractivity contribution in [2.75, 3.05) is 4.72 Å². The van der Waals surface area contributed by atoms with Crippen molar-refractivity contribution in [2.24, 2.45) is 0 Å². The van der Waals surface area contributed by atoms with E-state index in [1.807, 2.05) is 6.07 Å². The second kappa shape index (κ2) is 6.76. The number of aromatic nitrogens is 2. The Hall–Kier alpha value is -2.53. The normalized spacial score (nSPS) is 11.1. The zero-order chi connectivity index (χ0) is 18.0. The summed E-state index contributed by atoms with van der Waals surface area (Å²) in [5, 5.41) is 9.23. The molecule has 0 radical (unpaired) electrons. The highest BCUT2D eigenvalue weighted by Crippen LogP contribution is 2.25. The second-order valence-electron chi connectivity index (χ2n) is 4.98. The van der Waals surface area contributed by atoms with Gasteiger partial charge in [0.15, 0.2) is 10.3 Å². The first-order chi connectivity index (χ1) is 11.9. The van der Waals surface area contributed by atoms with E-state index in [4.69, 9.17) is 28.5 Å². The van der Waals surface area contributed by atoms with Crippen LogP contribution in [0, 0.1) is 11.3 Å². The van der Waals surface area contributed by atoms with Gasteiger partial charge in [-0.1, -0.05) is 23.2 Å². The third-order valence-electron chi connectivity index (χ3n) is 3.36. The minimum absolute atomic E-state index is 0.0695. The van der Waals surface area contributed by atoms with Crippen LogP contribution in [0.4, 0.5) is 5.69 Å². The number of anilines is 1. The topological polar surface area (TPSA) is 87.8 Å². The molecule has 0 fully saturated rings. The highest BCUT2D eigenvalue weighted by Gasteiger charge is 2.14. The Morgan fingerprint density at radius 3 is 2.20 bits per heavy atom. The van der Waals surface area contributed by atoms with Crippen LogP contribution in [0.25, 0.3) is 5.69 Å². The van der Waals surface area contributed by atoms with Gasteiger partial charge in [-0.25, -0.2) is 13.4 Å². The van der Waals surface area contributed by atoms with Gasteiger partial charge in [0.1, 0.15) is 6.33 Å². The molecule has 0 amide bonds. The summed E-state index contributed by atoms with van der Waals surface area (Å²) in [6, 6.07) is 14.1. The minimum atomic E-state index is -3.75. The number of hydrogen-bond donors (Lipinski definition) is 1. The average Bonchev–Trinajstić information content (AvgIpc) is 2.95. The first-order valence-corrected chi connectivity index (χ1v) is 9.16. The third kappa shape index (κ3) is 3.61. The number of hydrogen-bond acceptors (Lipinski definition) is 4. The first kappa shape index (κ1) is 17.3. The van der Waals surface area contributed by atoms with Crippen molar-refractivity contribution in [3.8, 4) is 11.8 Å². The van der Waals surface area contributed by atoms with E-state index in [0.29, 0.717) is 16.9 Å². The molecule has 126 valence electrons. The van der Waals surface area contributed by atoms with Crippen LogP contribution in [0.15, 0.2) is 59.8 Å². The predicted octanol–water partition coefficient (Wildman–Crippen LogP) is 3.85. The lowest BCUT2D eigenvalue weighted by Gasteiger charge is -2.09. The Bertz CT molecular complexity index is 1050. The minimum Gasteiger partial charge on any atom is -0.288 e. The number of nitriles is 1. The van der Waals surface area contributed by atoms with E-state index in [9.17, 15) is 8.42 Å². The summed E-state index contributed by atoms with van der Waals surface area (Å²) >= 11 is 11.8. The van der Waals surface area contributed by atoms with Crippen LogP contribution < -0.4 is 4.72 Å². The Morgan fingerprint density at radius 1 is 1.04 bits per heavy atom. The number of nitrogens with one attached hydrogen (secondary N) is 1. The lowest BCUT2D eigenvalue weighted by molar-refractivity contribution is 0.601. The number of nitrogens with zero attached hydrogens (tertiary/aromatic N) is 3. The van der Waals surface area contributed by atoms with Crippen LogP contribution in [0.2, 0.25) is 10.3 Å². The molecule has 0 aliphatic heterocycles. The van der Waals surface area contributed by atoms with E-state index in [2.05, 4.69) is 9.71 Å². The molecule has 6 nitrogen and oxygen atoms in total. The molecule has 9 heteroatoms. The molecule has 3 rings (SSSR count). The van der Waals surface area contributed by atoms with Crippen LogP contribution >= 0.6 is 23.2 Å². The van der Waals surface area contributed by atoms with Gasteiger partial charge in [-0.05, 0) is 48.5 Å². The molecular formula is C16H10Cl2N4O2S. The molecule has 1 aromatic heterocycles. The van der Waals surface area contributed by atoms with Gasteiger partial charge in [0.25, 0.3) is 10.0 Å².